The van der Waals surface area contributed by atoms with Crippen LogP contribution in [0, 0.1) is 13.8 Å². The Balaban J connectivity index is 1.50. The van der Waals surface area contributed by atoms with Gasteiger partial charge in [0, 0.05) is 11.7 Å². The molecule has 1 aliphatic carbocycles. The Morgan fingerprint density at radius 3 is 2.61 bits per heavy atom. The molecule has 4 rings (SSSR count). The van der Waals surface area contributed by atoms with E-state index in [-0.39, 0.29) is 5.91 Å². The number of hydrogen-bond donors (Lipinski definition) is 1. The summed E-state index contributed by atoms with van der Waals surface area (Å²) in [7, 11) is 0. The number of carbonyl (C=O) groups excluding carboxylic acids is 1. The number of nitrogens with zero attached hydrogens (tertiary/aromatic N) is 3. The highest BCUT2D eigenvalue weighted by atomic mass is 32.2. The van der Waals surface area contributed by atoms with Gasteiger partial charge >= 0.3 is 0 Å². The minimum absolute atomic E-state index is 0.0492. The molecule has 6 nitrogen and oxygen atoms in total. The van der Waals surface area contributed by atoms with Crippen molar-refractivity contribution in [1.82, 2.24) is 20.1 Å². The van der Waals surface area contributed by atoms with Gasteiger partial charge in [0.1, 0.15) is 12.4 Å². The first-order valence-electron chi connectivity index (χ1n) is 10.7. The van der Waals surface area contributed by atoms with Crippen LogP contribution in [0.15, 0.2) is 53.7 Å². The van der Waals surface area contributed by atoms with Gasteiger partial charge in [-0.05, 0) is 56.5 Å². The van der Waals surface area contributed by atoms with E-state index in [4.69, 9.17) is 4.74 Å². The lowest BCUT2D eigenvalue weighted by Crippen LogP contribution is -2.33. The maximum Gasteiger partial charge on any atom is 0.230 e. The number of aromatic nitrogens is 3. The third-order valence-corrected chi connectivity index (χ3v) is 6.33. The second-order valence-corrected chi connectivity index (χ2v) is 8.96. The molecule has 0 atom stereocenters. The van der Waals surface area contributed by atoms with Crippen molar-refractivity contribution in [3.05, 3.63) is 65.5 Å². The predicted molar refractivity (Wildman–Crippen MR) is 123 cm³/mol. The number of aryl methyl sites for hydroxylation is 2. The van der Waals surface area contributed by atoms with Crippen molar-refractivity contribution < 1.29 is 9.53 Å². The van der Waals surface area contributed by atoms with E-state index >= 15 is 0 Å². The van der Waals surface area contributed by atoms with E-state index in [1.54, 1.807) is 0 Å². The van der Waals surface area contributed by atoms with Gasteiger partial charge in [0.05, 0.1) is 5.75 Å². The fourth-order valence-electron chi connectivity index (χ4n) is 3.77. The largest absolute Gasteiger partial charge is 0.486 e. The average Bonchev–Trinajstić information content (AvgIpc) is 3.41. The van der Waals surface area contributed by atoms with Crippen LogP contribution in [0.4, 0.5) is 0 Å². The normalized spacial score (nSPS) is 14.0. The van der Waals surface area contributed by atoms with E-state index < -0.39 is 0 Å². The Hall–Kier alpha value is -2.80. The Morgan fingerprint density at radius 1 is 1.10 bits per heavy atom. The third kappa shape index (κ3) is 5.67. The fraction of sp³-hybridized carbons (Fsp3) is 0.375. The lowest BCUT2D eigenvalue weighted by Gasteiger charge is -2.13. The molecular formula is C24H28N4O2S. The topological polar surface area (TPSA) is 69.0 Å². The molecule has 162 valence electrons. The van der Waals surface area contributed by atoms with Gasteiger partial charge in [-0.15, -0.1) is 10.2 Å². The van der Waals surface area contributed by atoms with Crippen molar-refractivity contribution in [2.24, 2.45) is 0 Å². The molecule has 0 saturated heterocycles. The fourth-order valence-corrected chi connectivity index (χ4v) is 4.55. The maximum absolute atomic E-state index is 12.4. The zero-order chi connectivity index (χ0) is 21.6. The van der Waals surface area contributed by atoms with Gasteiger partial charge in [0.2, 0.25) is 5.91 Å². The predicted octanol–water partition coefficient (Wildman–Crippen LogP) is 4.61. The summed E-state index contributed by atoms with van der Waals surface area (Å²) in [6.45, 7) is 4.39. The first-order valence-corrected chi connectivity index (χ1v) is 11.7. The van der Waals surface area contributed by atoms with E-state index in [2.05, 4.69) is 34.6 Å². The number of amides is 1. The molecule has 31 heavy (non-hydrogen) atoms. The van der Waals surface area contributed by atoms with Crippen LogP contribution in [-0.2, 0) is 11.4 Å². The molecule has 1 amide bonds. The minimum Gasteiger partial charge on any atom is -0.486 e. The molecule has 0 spiro atoms. The highest BCUT2D eigenvalue weighted by Gasteiger charge is 2.20. The van der Waals surface area contributed by atoms with Gasteiger partial charge in [-0.1, -0.05) is 54.4 Å². The lowest BCUT2D eigenvalue weighted by molar-refractivity contribution is -0.119. The second-order valence-electron chi connectivity index (χ2n) is 8.01. The molecule has 2 aromatic carbocycles. The lowest BCUT2D eigenvalue weighted by atomic mass is 10.2. The van der Waals surface area contributed by atoms with Crippen molar-refractivity contribution in [2.45, 2.75) is 57.3 Å². The van der Waals surface area contributed by atoms with Crippen LogP contribution < -0.4 is 10.1 Å². The monoisotopic (exact) mass is 436 g/mol. The minimum atomic E-state index is 0.0492. The molecular weight excluding hydrogens is 408 g/mol. The zero-order valence-corrected chi connectivity index (χ0v) is 18.8. The standard InChI is InChI=1S/C24H28N4O2S/c1-17-10-12-21(13-11-17)30-15-22-26-27-24(28(22)20-9-5-6-18(2)14-20)31-16-23(29)25-19-7-3-4-8-19/h5-6,9-14,19H,3-4,7-8,15-16H2,1-2H3,(H,25,29). The van der Waals surface area contributed by atoms with E-state index in [0.717, 1.165) is 29.8 Å². The van der Waals surface area contributed by atoms with Crippen LogP contribution in [0.25, 0.3) is 5.69 Å². The van der Waals surface area contributed by atoms with Crippen molar-refractivity contribution in [3.63, 3.8) is 0 Å². The molecule has 3 aromatic rings. The number of hydrogen-bond acceptors (Lipinski definition) is 5. The maximum atomic E-state index is 12.4. The summed E-state index contributed by atoms with van der Waals surface area (Å²) in [5.41, 5.74) is 3.29. The molecule has 1 fully saturated rings. The van der Waals surface area contributed by atoms with Crippen LogP contribution in [-0.4, -0.2) is 32.5 Å². The summed E-state index contributed by atoms with van der Waals surface area (Å²) in [5.74, 6) is 1.85. The summed E-state index contributed by atoms with van der Waals surface area (Å²) in [4.78, 5) is 12.4. The molecule has 0 bridgehead atoms. The van der Waals surface area contributed by atoms with Crippen molar-refractivity contribution >= 4 is 17.7 Å². The average molecular weight is 437 g/mol. The van der Waals surface area contributed by atoms with Gasteiger partial charge in [-0.2, -0.15) is 0 Å². The van der Waals surface area contributed by atoms with Crippen LogP contribution in [0.1, 0.15) is 42.6 Å². The number of carbonyl (C=O) groups is 1. The van der Waals surface area contributed by atoms with Crippen LogP contribution in [0.3, 0.4) is 0 Å². The van der Waals surface area contributed by atoms with Crippen molar-refractivity contribution in [1.29, 1.82) is 0 Å². The van der Waals surface area contributed by atoms with Crippen LogP contribution in [0.5, 0.6) is 5.75 Å². The smallest absolute Gasteiger partial charge is 0.230 e. The zero-order valence-electron chi connectivity index (χ0n) is 18.0. The molecule has 1 heterocycles. The molecule has 0 radical (unpaired) electrons. The quantitative estimate of drug-likeness (QED) is 0.522. The summed E-state index contributed by atoms with van der Waals surface area (Å²) >= 11 is 1.41. The Labute approximate surface area is 187 Å². The molecule has 1 saturated carbocycles. The number of thioether (sulfide) groups is 1. The Bertz CT molecular complexity index is 1030. The van der Waals surface area contributed by atoms with Gasteiger partial charge in [0.15, 0.2) is 11.0 Å². The SMILES string of the molecule is Cc1ccc(OCc2nnc(SCC(=O)NC3CCCC3)n2-c2cccc(C)c2)cc1. The van der Waals surface area contributed by atoms with Crippen LogP contribution >= 0.6 is 11.8 Å². The van der Waals surface area contributed by atoms with E-state index in [1.807, 2.05) is 47.9 Å². The number of rotatable bonds is 8. The third-order valence-electron chi connectivity index (χ3n) is 5.40. The van der Waals surface area contributed by atoms with E-state index in [9.17, 15) is 4.79 Å². The Morgan fingerprint density at radius 2 is 1.87 bits per heavy atom. The van der Waals surface area contributed by atoms with Crippen LogP contribution in [0.2, 0.25) is 0 Å². The van der Waals surface area contributed by atoms with Crippen molar-refractivity contribution in [2.75, 3.05) is 5.75 Å². The summed E-state index contributed by atoms with van der Waals surface area (Å²) in [5, 5.41) is 12.6. The second kappa shape index (κ2) is 10.0. The Kier molecular flexibility index (Phi) is 6.92. The first kappa shape index (κ1) is 21.4. The summed E-state index contributed by atoms with van der Waals surface area (Å²) in [6, 6.07) is 16.4. The van der Waals surface area contributed by atoms with Gasteiger partial charge < -0.3 is 10.1 Å². The van der Waals surface area contributed by atoms with Gasteiger partial charge in [-0.25, -0.2) is 0 Å². The molecule has 0 unspecified atom stereocenters. The highest BCUT2D eigenvalue weighted by Crippen LogP contribution is 2.24. The van der Waals surface area contributed by atoms with Gasteiger partial charge in [0.25, 0.3) is 0 Å². The molecule has 7 heteroatoms. The van der Waals surface area contributed by atoms with Crippen molar-refractivity contribution in [3.8, 4) is 11.4 Å². The summed E-state index contributed by atoms with van der Waals surface area (Å²) in [6.07, 6.45) is 4.56. The number of nitrogens with one attached hydrogen (secondary N) is 1. The molecule has 1 N–H and O–H groups in total. The molecule has 0 aliphatic heterocycles. The summed E-state index contributed by atoms with van der Waals surface area (Å²) < 4.78 is 7.94. The van der Waals surface area contributed by atoms with E-state index in [1.165, 1.54) is 30.2 Å². The first-order chi connectivity index (χ1) is 15.1. The number of benzene rings is 2. The molecule has 1 aromatic heterocycles. The van der Waals surface area contributed by atoms with Gasteiger partial charge in [-0.3, -0.25) is 9.36 Å². The highest BCUT2D eigenvalue weighted by molar-refractivity contribution is 7.99. The number of ether oxygens (including phenoxy) is 1. The molecule has 1 aliphatic rings. The van der Waals surface area contributed by atoms with E-state index in [0.29, 0.717) is 29.4 Å².